The fourth-order valence-electron chi connectivity index (χ4n) is 2.78. The lowest BCUT2D eigenvalue weighted by Crippen LogP contribution is -2.42. The van der Waals surface area contributed by atoms with Gasteiger partial charge in [-0.25, -0.2) is 0 Å². The van der Waals surface area contributed by atoms with E-state index in [4.69, 9.17) is 9.57 Å². The van der Waals surface area contributed by atoms with Crippen molar-refractivity contribution >= 4 is 28.1 Å². The summed E-state index contributed by atoms with van der Waals surface area (Å²) in [5.41, 5.74) is 0.760. The maximum atomic E-state index is 12.1. The fourth-order valence-corrected chi connectivity index (χ4v) is 2.78. The summed E-state index contributed by atoms with van der Waals surface area (Å²) in [4.78, 5) is 21.3. The van der Waals surface area contributed by atoms with Crippen molar-refractivity contribution in [1.82, 2.24) is 4.98 Å². The predicted octanol–water partition coefficient (Wildman–Crippen LogP) is 1.96. The van der Waals surface area contributed by atoms with Gasteiger partial charge in [0, 0.05) is 30.6 Å². The average molecular weight is 389 g/mol. The van der Waals surface area contributed by atoms with Gasteiger partial charge in [-0.15, -0.1) is 0 Å². The van der Waals surface area contributed by atoms with E-state index in [9.17, 15) is 15.0 Å². The molecule has 3 atom stereocenters. The smallest absolute Gasteiger partial charge is 0.265 e. The lowest BCUT2D eigenvalue weighted by molar-refractivity contribution is -0.120. The molecule has 0 fully saturated rings. The summed E-state index contributed by atoms with van der Waals surface area (Å²) >= 11 is 0. The van der Waals surface area contributed by atoms with Crippen molar-refractivity contribution < 1.29 is 24.6 Å². The molecule has 1 aromatic carbocycles. The number of anilines is 1. The molecule has 152 valence electrons. The number of fused-ring (bicyclic) bond motifs is 1. The van der Waals surface area contributed by atoms with Crippen LogP contribution in [0.15, 0.2) is 41.8 Å². The third kappa shape index (κ3) is 5.72. The molecule has 0 saturated carbocycles. The van der Waals surface area contributed by atoms with E-state index in [0.29, 0.717) is 5.69 Å². The Kier molecular flexibility index (Phi) is 7.86. The molecule has 2 rings (SSSR count). The predicted molar refractivity (Wildman–Crippen MR) is 107 cm³/mol. The SMILES string of the molecule is COC(/C(=N/OCC(=O)Nc1ccc2cnccc2c1)C(O)C(C)O)C(C)C. The first kappa shape index (κ1) is 21.7. The van der Waals surface area contributed by atoms with E-state index >= 15 is 0 Å². The number of hydrogen-bond acceptors (Lipinski definition) is 7. The van der Waals surface area contributed by atoms with E-state index < -0.39 is 24.2 Å². The molecular formula is C20H27N3O5. The molecule has 28 heavy (non-hydrogen) atoms. The summed E-state index contributed by atoms with van der Waals surface area (Å²) in [6.45, 7) is 4.87. The highest BCUT2D eigenvalue weighted by Crippen LogP contribution is 2.18. The van der Waals surface area contributed by atoms with Gasteiger partial charge in [0.15, 0.2) is 6.61 Å². The number of carbonyl (C=O) groups is 1. The number of nitrogens with one attached hydrogen (secondary N) is 1. The van der Waals surface area contributed by atoms with Gasteiger partial charge in [-0.3, -0.25) is 9.78 Å². The third-order valence-corrected chi connectivity index (χ3v) is 4.20. The van der Waals surface area contributed by atoms with Crippen LogP contribution in [0.25, 0.3) is 10.8 Å². The Bertz CT molecular complexity index is 822. The number of methoxy groups -OCH3 is 1. The molecule has 1 amide bonds. The molecule has 0 aliphatic heterocycles. The normalized spacial score (nSPS) is 15.3. The fraction of sp³-hybridized carbons (Fsp3) is 0.450. The second-order valence-corrected chi connectivity index (χ2v) is 6.86. The molecule has 2 aromatic rings. The van der Waals surface area contributed by atoms with Crippen molar-refractivity contribution in [2.24, 2.45) is 11.1 Å². The van der Waals surface area contributed by atoms with E-state index in [0.717, 1.165) is 10.8 Å². The Morgan fingerprint density at radius 1 is 1.21 bits per heavy atom. The summed E-state index contributed by atoms with van der Waals surface area (Å²) in [7, 11) is 1.48. The number of carbonyl (C=O) groups excluding carboxylic acids is 1. The second-order valence-electron chi connectivity index (χ2n) is 6.86. The minimum absolute atomic E-state index is 0.0123. The molecule has 0 spiro atoms. The van der Waals surface area contributed by atoms with Gasteiger partial charge < -0.3 is 25.1 Å². The number of amides is 1. The van der Waals surface area contributed by atoms with Crippen LogP contribution in [0.5, 0.6) is 0 Å². The van der Waals surface area contributed by atoms with Gasteiger partial charge in [-0.1, -0.05) is 25.1 Å². The number of oxime groups is 1. The van der Waals surface area contributed by atoms with E-state index in [1.165, 1.54) is 14.0 Å². The second kappa shape index (κ2) is 10.1. The summed E-state index contributed by atoms with van der Waals surface area (Å²) in [5, 5.41) is 28.4. The maximum absolute atomic E-state index is 12.1. The molecule has 0 aliphatic carbocycles. The molecule has 0 bridgehead atoms. The summed E-state index contributed by atoms with van der Waals surface area (Å²) < 4.78 is 5.35. The quantitative estimate of drug-likeness (QED) is 0.446. The van der Waals surface area contributed by atoms with Crippen molar-refractivity contribution in [1.29, 1.82) is 0 Å². The molecule has 0 radical (unpaired) electrons. The van der Waals surface area contributed by atoms with Gasteiger partial charge >= 0.3 is 0 Å². The molecule has 8 nitrogen and oxygen atoms in total. The number of nitrogens with zero attached hydrogens (tertiary/aromatic N) is 2. The lowest BCUT2D eigenvalue weighted by atomic mass is 9.96. The third-order valence-electron chi connectivity index (χ3n) is 4.20. The molecule has 0 aliphatic rings. The van der Waals surface area contributed by atoms with Crippen LogP contribution >= 0.6 is 0 Å². The van der Waals surface area contributed by atoms with E-state index in [2.05, 4.69) is 15.5 Å². The number of aliphatic hydroxyl groups is 2. The van der Waals surface area contributed by atoms with Crippen molar-refractivity contribution in [3.63, 3.8) is 0 Å². The van der Waals surface area contributed by atoms with E-state index in [-0.39, 0.29) is 18.2 Å². The van der Waals surface area contributed by atoms with Crippen LogP contribution in [0.1, 0.15) is 20.8 Å². The number of hydrogen-bond donors (Lipinski definition) is 3. The first-order valence-corrected chi connectivity index (χ1v) is 9.05. The van der Waals surface area contributed by atoms with Crippen LogP contribution in [-0.4, -0.2) is 58.8 Å². The Labute approximate surface area is 164 Å². The highest BCUT2D eigenvalue weighted by molar-refractivity contribution is 5.95. The zero-order chi connectivity index (χ0) is 20.7. The minimum Gasteiger partial charge on any atom is -0.390 e. The zero-order valence-electron chi connectivity index (χ0n) is 16.5. The van der Waals surface area contributed by atoms with E-state index in [1.807, 2.05) is 32.0 Å². The monoisotopic (exact) mass is 389 g/mol. The highest BCUT2D eigenvalue weighted by atomic mass is 16.6. The topological polar surface area (TPSA) is 113 Å². The van der Waals surface area contributed by atoms with Gasteiger partial charge in [0.05, 0.1) is 6.10 Å². The van der Waals surface area contributed by atoms with Crippen LogP contribution in [0, 0.1) is 5.92 Å². The van der Waals surface area contributed by atoms with Crippen molar-refractivity contribution in [2.45, 2.75) is 39.1 Å². The number of ether oxygens (including phenoxy) is 1. The van der Waals surface area contributed by atoms with Crippen LogP contribution < -0.4 is 5.32 Å². The van der Waals surface area contributed by atoms with Crippen LogP contribution in [0.3, 0.4) is 0 Å². The van der Waals surface area contributed by atoms with Crippen LogP contribution in [-0.2, 0) is 14.4 Å². The summed E-state index contributed by atoms with van der Waals surface area (Å²) in [5.74, 6) is -0.414. The molecule has 0 saturated heterocycles. The minimum atomic E-state index is -1.26. The highest BCUT2D eigenvalue weighted by Gasteiger charge is 2.29. The molecule has 3 unspecified atom stereocenters. The first-order chi connectivity index (χ1) is 13.3. The number of aliphatic hydroxyl groups excluding tert-OH is 2. The molecule has 8 heteroatoms. The Morgan fingerprint density at radius 2 is 1.96 bits per heavy atom. The Hall–Kier alpha value is -2.55. The first-order valence-electron chi connectivity index (χ1n) is 9.05. The number of pyridine rings is 1. The van der Waals surface area contributed by atoms with Gasteiger partial charge in [0.2, 0.25) is 0 Å². The van der Waals surface area contributed by atoms with Gasteiger partial charge in [-0.05, 0) is 36.4 Å². The lowest BCUT2D eigenvalue weighted by Gasteiger charge is -2.25. The molecule has 3 N–H and O–H groups in total. The Morgan fingerprint density at radius 3 is 2.61 bits per heavy atom. The zero-order valence-corrected chi connectivity index (χ0v) is 16.5. The van der Waals surface area contributed by atoms with Crippen molar-refractivity contribution in [3.8, 4) is 0 Å². The summed E-state index contributed by atoms with van der Waals surface area (Å²) in [6, 6.07) is 7.32. The number of benzene rings is 1. The standard InChI is InChI=1S/C20H27N3O5/c1-12(2)20(27-4)18(19(26)13(3)24)23-28-11-17(25)22-16-6-5-15-10-21-8-7-14(15)9-16/h5-10,12-13,19-20,24,26H,11H2,1-4H3,(H,22,25)/b23-18+. The van der Waals surface area contributed by atoms with E-state index in [1.54, 1.807) is 18.5 Å². The molecular weight excluding hydrogens is 362 g/mol. The van der Waals surface area contributed by atoms with Crippen molar-refractivity contribution in [2.75, 3.05) is 19.0 Å². The van der Waals surface area contributed by atoms with Gasteiger partial charge in [0.25, 0.3) is 5.91 Å². The maximum Gasteiger partial charge on any atom is 0.265 e. The average Bonchev–Trinajstić information content (AvgIpc) is 2.66. The summed E-state index contributed by atoms with van der Waals surface area (Å²) in [6.07, 6.45) is 0.557. The number of aromatic nitrogens is 1. The van der Waals surface area contributed by atoms with Crippen molar-refractivity contribution in [3.05, 3.63) is 36.7 Å². The van der Waals surface area contributed by atoms with Crippen LogP contribution in [0.2, 0.25) is 0 Å². The number of rotatable bonds is 9. The Balaban J connectivity index is 2.03. The van der Waals surface area contributed by atoms with Gasteiger partial charge in [-0.2, -0.15) is 0 Å². The largest absolute Gasteiger partial charge is 0.390 e. The molecule has 1 heterocycles. The van der Waals surface area contributed by atoms with Gasteiger partial charge in [0.1, 0.15) is 17.9 Å². The van der Waals surface area contributed by atoms with Crippen LogP contribution in [0.4, 0.5) is 5.69 Å². The molecule has 1 aromatic heterocycles.